The van der Waals surface area contributed by atoms with Crippen LogP contribution in [0.15, 0.2) is 0 Å². The van der Waals surface area contributed by atoms with Gasteiger partial charge >= 0.3 is 0 Å². The monoisotopic (exact) mass is 116 g/mol. The number of thioether (sulfide) groups is 1. The fourth-order valence-electron chi connectivity index (χ4n) is 0.424. The summed E-state index contributed by atoms with van der Waals surface area (Å²) in [5.41, 5.74) is 0. The quantitative estimate of drug-likeness (QED) is 0.424. The van der Waals surface area contributed by atoms with E-state index in [0.29, 0.717) is 5.75 Å². The molecule has 1 aliphatic rings. The van der Waals surface area contributed by atoms with Crippen LogP contribution in [-0.4, -0.2) is 16.7 Å². The third-order valence-electron chi connectivity index (χ3n) is 0.736. The van der Waals surface area contributed by atoms with Gasteiger partial charge in [0.05, 0.1) is 12.2 Å². The van der Waals surface area contributed by atoms with Crippen molar-refractivity contribution in [3.05, 3.63) is 0 Å². The lowest BCUT2D eigenvalue weighted by Gasteiger charge is -1.69. The Balaban J connectivity index is 2.55. The number of ketones is 1. The fourth-order valence-corrected chi connectivity index (χ4v) is 1.11. The summed E-state index contributed by atoms with van der Waals surface area (Å²) < 4.78 is 0. The van der Waals surface area contributed by atoms with Crippen molar-refractivity contribution in [2.24, 2.45) is 0 Å². The van der Waals surface area contributed by atoms with E-state index in [1.165, 1.54) is 0 Å². The highest BCUT2D eigenvalue weighted by molar-refractivity contribution is 8.14. The molecule has 7 heavy (non-hydrogen) atoms. The van der Waals surface area contributed by atoms with Crippen molar-refractivity contribution in [1.29, 1.82) is 0 Å². The standard InChI is InChI=1S/C4H4O2S/c5-3-1-4(6)7-2-3/h1-2H2. The predicted molar refractivity (Wildman–Crippen MR) is 27.1 cm³/mol. The van der Waals surface area contributed by atoms with E-state index in [1.54, 1.807) is 0 Å². The molecule has 0 N–H and O–H groups in total. The van der Waals surface area contributed by atoms with E-state index in [4.69, 9.17) is 0 Å². The van der Waals surface area contributed by atoms with E-state index in [2.05, 4.69) is 0 Å². The molecule has 1 saturated heterocycles. The molecule has 1 heterocycles. The van der Waals surface area contributed by atoms with Crippen molar-refractivity contribution >= 4 is 22.7 Å². The highest BCUT2D eigenvalue weighted by Gasteiger charge is 2.18. The molecule has 0 aromatic carbocycles. The maximum atomic E-state index is 10.2. The molecule has 0 atom stereocenters. The molecule has 1 rings (SSSR count). The first kappa shape index (κ1) is 4.84. The summed E-state index contributed by atoms with van der Waals surface area (Å²) in [6.45, 7) is 0. The van der Waals surface area contributed by atoms with Gasteiger partial charge in [0.25, 0.3) is 0 Å². The normalized spacial score (nSPS) is 21.1. The van der Waals surface area contributed by atoms with Crippen LogP contribution < -0.4 is 0 Å². The SMILES string of the molecule is O=C1CSC(=O)C1. The van der Waals surface area contributed by atoms with Crippen LogP contribution in [0.25, 0.3) is 0 Å². The molecule has 0 aromatic heterocycles. The minimum absolute atomic E-state index is 0.0185. The first-order valence-corrected chi connectivity index (χ1v) is 2.95. The van der Waals surface area contributed by atoms with Crippen molar-refractivity contribution in [2.75, 3.05) is 5.75 Å². The van der Waals surface area contributed by atoms with Gasteiger partial charge in [0.15, 0.2) is 10.9 Å². The minimum atomic E-state index is 0.0185. The molecule has 0 unspecified atom stereocenters. The zero-order chi connectivity index (χ0) is 5.28. The van der Waals surface area contributed by atoms with Gasteiger partial charge in [-0.2, -0.15) is 0 Å². The number of hydrogen-bond donors (Lipinski definition) is 0. The molecule has 3 heteroatoms. The first-order chi connectivity index (χ1) is 3.29. The smallest absolute Gasteiger partial charge is 0.196 e. The molecule has 0 saturated carbocycles. The van der Waals surface area contributed by atoms with Gasteiger partial charge in [-0.05, 0) is 0 Å². The van der Waals surface area contributed by atoms with Gasteiger partial charge in [-0.1, -0.05) is 11.8 Å². The van der Waals surface area contributed by atoms with Gasteiger partial charge in [-0.15, -0.1) is 0 Å². The predicted octanol–water partition coefficient (Wildman–Crippen LogP) is 0.219. The molecule has 2 nitrogen and oxygen atoms in total. The lowest BCUT2D eigenvalue weighted by Crippen LogP contribution is -1.91. The molecule has 0 bridgehead atoms. The van der Waals surface area contributed by atoms with E-state index >= 15 is 0 Å². The third kappa shape index (κ3) is 1.03. The Labute approximate surface area is 45.3 Å². The van der Waals surface area contributed by atoms with Crippen molar-refractivity contribution in [2.45, 2.75) is 6.42 Å². The van der Waals surface area contributed by atoms with Crippen molar-refractivity contribution in [3.8, 4) is 0 Å². The van der Waals surface area contributed by atoms with Crippen molar-refractivity contribution < 1.29 is 9.59 Å². The summed E-state index contributed by atoms with van der Waals surface area (Å²) in [5, 5.41) is 0.0185. The minimum Gasteiger partial charge on any atom is -0.298 e. The fraction of sp³-hybridized carbons (Fsp3) is 0.500. The van der Waals surface area contributed by atoms with Gasteiger partial charge in [-0.25, -0.2) is 0 Å². The summed E-state index contributed by atoms with van der Waals surface area (Å²) in [4.78, 5) is 20.4. The number of Topliss-reactive ketones (excluding diaryl/α,β-unsaturated/α-hetero) is 1. The second kappa shape index (κ2) is 1.66. The molecular weight excluding hydrogens is 112 g/mol. The lowest BCUT2D eigenvalue weighted by molar-refractivity contribution is -0.120. The van der Waals surface area contributed by atoms with Gasteiger partial charge < -0.3 is 0 Å². The van der Waals surface area contributed by atoms with E-state index in [9.17, 15) is 9.59 Å². The maximum Gasteiger partial charge on any atom is 0.196 e. The van der Waals surface area contributed by atoms with E-state index < -0.39 is 0 Å². The molecule has 0 aromatic rings. The highest BCUT2D eigenvalue weighted by atomic mass is 32.2. The summed E-state index contributed by atoms with van der Waals surface area (Å²) in [6.07, 6.45) is 0.157. The lowest BCUT2D eigenvalue weighted by atomic mass is 10.3. The van der Waals surface area contributed by atoms with E-state index in [-0.39, 0.29) is 17.3 Å². The molecular formula is C4H4O2S. The maximum absolute atomic E-state index is 10.2. The van der Waals surface area contributed by atoms with Crippen LogP contribution in [-0.2, 0) is 9.59 Å². The second-order valence-electron chi connectivity index (χ2n) is 1.38. The highest BCUT2D eigenvalue weighted by Crippen LogP contribution is 2.14. The third-order valence-corrected chi connectivity index (χ3v) is 1.67. The van der Waals surface area contributed by atoms with Crippen LogP contribution in [0.5, 0.6) is 0 Å². The van der Waals surface area contributed by atoms with Crippen LogP contribution in [0.4, 0.5) is 0 Å². The molecule has 0 amide bonds. The first-order valence-electron chi connectivity index (χ1n) is 1.96. The zero-order valence-corrected chi connectivity index (χ0v) is 4.46. The van der Waals surface area contributed by atoms with E-state index in [0.717, 1.165) is 11.8 Å². The number of hydrogen-bond acceptors (Lipinski definition) is 3. The Morgan fingerprint density at radius 2 is 2.14 bits per heavy atom. The second-order valence-corrected chi connectivity index (χ2v) is 2.41. The molecule has 1 fully saturated rings. The van der Waals surface area contributed by atoms with E-state index in [1.807, 2.05) is 0 Å². The molecule has 0 aliphatic carbocycles. The van der Waals surface area contributed by atoms with Gasteiger partial charge in [0.1, 0.15) is 0 Å². The molecule has 1 aliphatic heterocycles. The topological polar surface area (TPSA) is 34.1 Å². The molecule has 38 valence electrons. The van der Waals surface area contributed by atoms with Gasteiger partial charge in [-0.3, -0.25) is 9.59 Å². The average Bonchev–Trinajstić information content (AvgIpc) is 1.87. The number of carbonyl (C=O) groups excluding carboxylic acids is 2. The molecule has 0 radical (unpaired) electrons. The van der Waals surface area contributed by atoms with Gasteiger partial charge in [0, 0.05) is 0 Å². The summed E-state index contributed by atoms with van der Waals surface area (Å²) in [6, 6.07) is 0. The zero-order valence-electron chi connectivity index (χ0n) is 3.64. The average molecular weight is 116 g/mol. The largest absolute Gasteiger partial charge is 0.298 e. The van der Waals surface area contributed by atoms with Crippen LogP contribution >= 0.6 is 11.8 Å². The summed E-state index contributed by atoms with van der Waals surface area (Å²) in [7, 11) is 0. The summed E-state index contributed by atoms with van der Waals surface area (Å²) in [5.74, 6) is 0.466. The molecule has 0 spiro atoms. The van der Waals surface area contributed by atoms with Crippen molar-refractivity contribution in [1.82, 2.24) is 0 Å². The Bertz CT molecular complexity index is 105. The summed E-state index contributed by atoms with van der Waals surface area (Å²) >= 11 is 1.12. The van der Waals surface area contributed by atoms with Gasteiger partial charge in [0.2, 0.25) is 0 Å². The van der Waals surface area contributed by atoms with Crippen molar-refractivity contribution in [3.63, 3.8) is 0 Å². The Morgan fingerprint density at radius 1 is 1.43 bits per heavy atom. The Hall–Kier alpha value is -0.310. The van der Waals surface area contributed by atoms with Crippen LogP contribution in [0.3, 0.4) is 0 Å². The van der Waals surface area contributed by atoms with Crippen LogP contribution in [0.1, 0.15) is 6.42 Å². The van der Waals surface area contributed by atoms with Crippen LogP contribution in [0, 0.1) is 0 Å². The number of rotatable bonds is 0. The Morgan fingerprint density at radius 3 is 2.29 bits per heavy atom. The van der Waals surface area contributed by atoms with Crippen LogP contribution in [0.2, 0.25) is 0 Å². The Kier molecular flexibility index (Phi) is 1.15. The number of carbonyl (C=O) groups is 2.